The summed E-state index contributed by atoms with van der Waals surface area (Å²) < 4.78 is 0. The first-order valence-corrected chi connectivity index (χ1v) is 9.10. The molecule has 1 nitrogen and oxygen atoms in total. The summed E-state index contributed by atoms with van der Waals surface area (Å²) in [6, 6.07) is 0.841. The lowest BCUT2D eigenvalue weighted by Gasteiger charge is -2.42. The van der Waals surface area contributed by atoms with Crippen molar-refractivity contribution in [3.05, 3.63) is 0 Å². The third-order valence-electron chi connectivity index (χ3n) is 6.20. The Hall–Kier alpha value is -0.0400. The van der Waals surface area contributed by atoms with Crippen LogP contribution in [0.1, 0.15) is 77.6 Å². The normalized spacial score (nSPS) is 36.8. The van der Waals surface area contributed by atoms with Crippen LogP contribution < -0.4 is 5.32 Å². The van der Waals surface area contributed by atoms with Gasteiger partial charge in [0.1, 0.15) is 0 Å². The van der Waals surface area contributed by atoms with Gasteiger partial charge in [0.15, 0.2) is 0 Å². The Morgan fingerprint density at radius 3 is 2.47 bits per heavy atom. The Morgan fingerprint density at radius 2 is 1.74 bits per heavy atom. The van der Waals surface area contributed by atoms with Gasteiger partial charge in [-0.25, -0.2) is 0 Å². The molecule has 3 aliphatic carbocycles. The van der Waals surface area contributed by atoms with Crippen molar-refractivity contribution in [3.8, 4) is 0 Å². The molecular weight excluding hydrogens is 230 g/mol. The van der Waals surface area contributed by atoms with Crippen molar-refractivity contribution in [1.82, 2.24) is 5.32 Å². The molecule has 4 unspecified atom stereocenters. The second kappa shape index (κ2) is 6.61. The second-order valence-electron chi connectivity index (χ2n) is 7.56. The standard InChI is InChI=1S/C18H33N/c1-2-19-18(12-9-14-7-8-14)17-11-10-15-5-3-4-6-16(15)13-17/h14-19H,2-13H2,1H3. The molecule has 3 fully saturated rings. The highest BCUT2D eigenvalue weighted by molar-refractivity contribution is 4.89. The maximum Gasteiger partial charge on any atom is 0.00954 e. The van der Waals surface area contributed by atoms with Crippen LogP contribution in [0.3, 0.4) is 0 Å². The summed E-state index contributed by atoms with van der Waals surface area (Å²) >= 11 is 0. The number of hydrogen-bond acceptors (Lipinski definition) is 1. The van der Waals surface area contributed by atoms with Crippen molar-refractivity contribution in [1.29, 1.82) is 0 Å². The fourth-order valence-electron chi connectivity index (χ4n) is 4.86. The molecule has 0 aromatic heterocycles. The van der Waals surface area contributed by atoms with Crippen LogP contribution in [0.25, 0.3) is 0 Å². The lowest BCUT2D eigenvalue weighted by atomic mass is 9.65. The van der Waals surface area contributed by atoms with Gasteiger partial charge in [-0.1, -0.05) is 45.4 Å². The molecule has 0 aliphatic heterocycles. The van der Waals surface area contributed by atoms with E-state index in [1.54, 1.807) is 25.7 Å². The minimum absolute atomic E-state index is 0.841. The average molecular weight is 263 g/mol. The van der Waals surface area contributed by atoms with Crippen LogP contribution in [0, 0.1) is 23.7 Å². The zero-order valence-corrected chi connectivity index (χ0v) is 12.9. The smallest absolute Gasteiger partial charge is 0.00954 e. The van der Waals surface area contributed by atoms with Crippen molar-refractivity contribution < 1.29 is 0 Å². The summed E-state index contributed by atoms with van der Waals surface area (Å²) in [6.45, 7) is 3.45. The van der Waals surface area contributed by atoms with Crippen LogP contribution in [-0.2, 0) is 0 Å². The number of fused-ring (bicyclic) bond motifs is 1. The van der Waals surface area contributed by atoms with E-state index < -0.39 is 0 Å². The highest BCUT2D eigenvalue weighted by Crippen LogP contribution is 2.44. The highest BCUT2D eigenvalue weighted by Gasteiger charge is 2.35. The molecule has 3 rings (SSSR count). The molecule has 0 bridgehead atoms. The maximum absolute atomic E-state index is 3.83. The van der Waals surface area contributed by atoms with Gasteiger partial charge in [0.05, 0.1) is 0 Å². The molecule has 0 radical (unpaired) electrons. The van der Waals surface area contributed by atoms with E-state index in [0.717, 1.165) is 29.7 Å². The van der Waals surface area contributed by atoms with E-state index in [2.05, 4.69) is 12.2 Å². The lowest BCUT2D eigenvalue weighted by Crippen LogP contribution is -2.41. The summed E-state index contributed by atoms with van der Waals surface area (Å²) in [5, 5.41) is 3.83. The van der Waals surface area contributed by atoms with E-state index in [1.165, 1.54) is 51.5 Å². The lowest BCUT2D eigenvalue weighted by molar-refractivity contribution is 0.106. The molecule has 0 aromatic rings. The molecule has 4 atom stereocenters. The number of hydrogen-bond donors (Lipinski definition) is 1. The first-order chi connectivity index (χ1) is 9.36. The van der Waals surface area contributed by atoms with Crippen LogP contribution in [-0.4, -0.2) is 12.6 Å². The first-order valence-electron chi connectivity index (χ1n) is 9.10. The van der Waals surface area contributed by atoms with Gasteiger partial charge in [0.25, 0.3) is 0 Å². The molecule has 3 aliphatic rings. The van der Waals surface area contributed by atoms with Crippen LogP contribution in [0.5, 0.6) is 0 Å². The third kappa shape index (κ3) is 3.74. The van der Waals surface area contributed by atoms with Gasteiger partial charge in [0, 0.05) is 6.04 Å². The molecule has 0 saturated heterocycles. The van der Waals surface area contributed by atoms with E-state index in [9.17, 15) is 0 Å². The molecule has 1 N–H and O–H groups in total. The minimum atomic E-state index is 0.841. The van der Waals surface area contributed by atoms with Crippen molar-refractivity contribution in [2.45, 2.75) is 83.6 Å². The Kier molecular flexibility index (Phi) is 4.84. The van der Waals surface area contributed by atoms with Crippen molar-refractivity contribution >= 4 is 0 Å². The summed E-state index contributed by atoms with van der Waals surface area (Å²) in [5.41, 5.74) is 0. The summed E-state index contributed by atoms with van der Waals surface area (Å²) in [5.74, 6) is 4.30. The summed E-state index contributed by atoms with van der Waals surface area (Å²) in [7, 11) is 0. The van der Waals surface area contributed by atoms with Crippen molar-refractivity contribution in [2.75, 3.05) is 6.54 Å². The van der Waals surface area contributed by atoms with Gasteiger partial charge in [-0.05, 0) is 62.3 Å². The average Bonchev–Trinajstić information content (AvgIpc) is 3.27. The zero-order chi connectivity index (χ0) is 13.1. The van der Waals surface area contributed by atoms with Crippen LogP contribution >= 0.6 is 0 Å². The largest absolute Gasteiger partial charge is 0.314 e. The van der Waals surface area contributed by atoms with Gasteiger partial charge in [-0.2, -0.15) is 0 Å². The van der Waals surface area contributed by atoms with Gasteiger partial charge in [0.2, 0.25) is 0 Å². The van der Waals surface area contributed by atoms with Gasteiger partial charge in [-0.15, -0.1) is 0 Å². The van der Waals surface area contributed by atoms with Crippen molar-refractivity contribution in [3.63, 3.8) is 0 Å². The fraction of sp³-hybridized carbons (Fsp3) is 1.00. The first kappa shape index (κ1) is 13.9. The zero-order valence-electron chi connectivity index (χ0n) is 12.9. The predicted molar refractivity (Wildman–Crippen MR) is 82.2 cm³/mol. The quantitative estimate of drug-likeness (QED) is 0.728. The van der Waals surface area contributed by atoms with Crippen LogP contribution in [0.15, 0.2) is 0 Å². The predicted octanol–water partition coefficient (Wildman–Crippen LogP) is 4.76. The Morgan fingerprint density at radius 1 is 0.947 bits per heavy atom. The SMILES string of the molecule is CCNC(CCC1CC1)C1CCC2CCCCC2C1. The van der Waals surface area contributed by atoms with Crippen LogP contribution in [0.2, 0.25) is 0 Å². The highest BCUT2D eigenvalue weighted by atomic mass is 14.9. The molecule has 0 spiro atoms. The molecule has 0 aromatic carbocycles. The van der Waals surface area contributed by atoms with Crippen molar-refractivity contribution in [2.24, 2.45) is 23.7 Å². The molecule has 3 saturated carbocycles. The summed E-state index contributed by atoms with van der Waals surface area (Å²) in [4.78, 5) is 0. The maximum atomic E-state index is 3.83. The van der Waals surface area contributed by atoms with Gasteiger partial charge >= 0.3 is 0 Å². The molecule has 19 heavy (non-hydrogen) atoms. The fourth-order valence-corrected chi connectivity index (χ4v) is 4.86. The summed E-state index contributed by atoms with van der Waals surface area (Å²) in [6.07, 6.45) is 16.7. The number of nitrogens with one attached hydrogen (secondary N) is 1. The second-order valence-corrected chi connectivity index (χ2v) is 7.56. The molecule has 1 heteroatoms. The Bertz CT molecular complexity index is 271. The Balaban J connectivity index is 1.52. The van der Waals surface area contributed by atoms with Crippen LogP contribution in [0.4, 0.5) is 0 Å². The number of rotatable bonds is 6. The van der Waals surface area contributed by atoms with E-state index in [1.807, 2.05) is 0 Å². The molecule has 0 amide bonds. The van der Waals surface area contributed by atoms with E-state index in [4.69, 9.17) is 0 Å². The van der Waals surface area contributed by atoms with Gasteiger partial charge < -0.3 is 5.32 Å². The van der Waals surface area contributed by atoms with E-state index in [-0.39, 0.29) is 0 Å². The molecule has 110 valence electrons. The van der Waals surface area contributed by atoms with Gasteiger partial charge in [-0.3, -0.25) is 0 Å². The topological polar surface area (TPSA) is 12.0 Å². The van der Waals surface area contributed by atoms with E-state index in [0.29, 0.717) is 0 Å². The molecular formula is C18H33N. The van der Waals surface area contributed by atoms with E-state index >= 15 is 0 Å². The third-order valence-corrected chi connectivity index (χ3v) is 6.20. The minimum Gasteiger partial charge on any atom is -0.314 e. The molecule has 0 heterocycles. The Labute approximate surface area is 119 Å². The monoisotopic (exact) mass is 263 g/mol.